The monoisotopic (exact) mass is 383 g/mol. The van der Waals surface area contributed by atoms with E-state index in [9.17, 15) is 4.79 Å². The van der Waals surface area contributed by atoms with Crippen LogP contribution in [0.2, 0.25) is 0 Å². The molecular formula is C14H11Br2NO2. The van der Waals surface area contributed by atoms with Crippen molar-refractivity contribution in [3.63, 3.8) is 0 Å². The highest BCUT2D eigenvalue weighted by Crippen LogP contribution is 2.33. The topological polar surface area (TPSA) is 31.2 Å². The predicted molar refractivity (Wildman–Crippen MR) is 80.8 cm³/mol. The summed E-state index contributed by atoms with van der Waals surface area (Å²) in [7, 11) is 0. The first-order valence-corrected chi connectivity index (χ1v) is 7.53. The molecule has 1 aliphatic heterocycles. The van der Waals surface area contributed by atoms with Crippen LogP contribution < -0.4 is 10.3 Å². The summed E-state index contributed by atoms with van der Waals surface area (Å²) in [6, 6.07) is 7.69. The van der Waals surface area contributed by atoms with E-state index in [1.54, 1.807) is 16.8 Å². The van der Waals surface area contributed by atoms with Crippen LogP contribution in [0.3, 0.4) is 0 Å². The average molecular weight is 385 g/mol. The van der Waals surface area contributed by atoms with Crippen molar-refractivity contribution in [1.82, 2.24) is 4.57 Å². The van der Waals surface area contributed by atoms with Crippen molar-refractivity contribution in [2.45, 2.75) is 13.0 Å². The molecule has 0 saturated heterocycles. The van der Waals surface area contributed by atoms with Gasteiger partial charge in [-0.25, -0.2) is 0 Å². The van der Waals surface area contributed by atoms with Crippen LogP contribution in [0.25, 0.3) is 0 Å². The fraction of sp³-hybridized carbons (Fsp3) is 0.214. The molecule has 0 bridgehead atoms. The molecule has 0 atom stereocenters. The molecule has 0 amide bonds. The molecule has 19 heavy (non-hydrogen) atoms. The van der Waals surface area contributed by atoms with Gasteiger partial charge >= 0.3 is 0 Å². The lowest BCUT2D eigenvalue weighted by Crippen LogP contribution is -2.20. The number of ether oxygens (including phenoxy) is 1. The van der Waals surface area contributed by atoms with E-state index in [4.69, 9.17) is 4.74 Å². The highest BCUT2D eigenvalue weighted by molar-refractivity contribution is 9.10. The van der Waals surface area contributed by atoms with Crippen LogP contribution >= 0.6 is 31.9 Å². The third-order valence-electron chi connectivity index (χ3n) is 3.14. The summed E-state index contributed by atoms with van der Waals surface area (Å²) in [4.78, 5) is 12.0. The molecule has 1 aromatic heterocycles. The normalized spacial score (nSPS) is 13.2. The minimum Gasteiger partial charge on any atom is -0.493 e. The maximum atomic E-state index is 12.0. The van der Waals surface area contributed by atoms with Gasteiger partial charge in [0.1, 0.15) is 5.75 Å². The van der Waals surface area contributed by atoms with Gasteiger partial charge in [0.25, 0.3) is 5.56 Å². The molecule has 98 valence electrons. The molecule has 0 unspecified atom stereocenters. The first kappa shape index (κ1) is 12.9. The highest BCUT2D eigenvalue weighted by Gasteiger charge is 2.18. The Balaban J connectivity index is 2.05. The van der Waals surface area contributed by atoms with E-state index in [0.29, 0.717) is 17.6 Å². The zero-order chi connectivity index (χ0) is 13.4. The molecule has 1 aromatic carbocycles. The number of nitrogens with zero attached hydrogens (tertiary/aromatic N) is 1. The second-order valence-electron chi connectivity index (χ2n) is 4.44. The van der Waals surface area contributed by atoms with Gasteiger partial charge in [0.15, 0.2) is 0 Å². The van der Waals surface area contributed by atoms with Crippen LogP contribution in [0.1, 0.15) is 11.1 Å². The number of aromatic nitrogens is 1. The summed E-state index contributed by atoms with van der Waals surface area (Å²) >= 11 is 6.77. The Morgan fingerprint density at radius 1 is 1.32 bits per heavy atom. The van der Waals surface area contributed by atoms with Crippen LogP contribution in [0, 0.1) is 0 Å². The van der Waals surface area contributed by atoms with Crippen molar-refractivity contribution in [3.05, 3.63) is 60.9 Å². The van der Waals surface area contributed by atoms with Crippen molar-refractivity contribution >= 4 is 31.9 Å². The standard InChI is InChI=1S/C14H11Br2NO2/c15-11-6-9-3-5-19-13(9)10(7-11)8-17-4-1-2-12(16)14(17)18/h1-2,4,6-7H,3,5,8H2. The quantitative estimate of drug-likeness (QED) is 0.794. The van der Waals surface area contributed by atoms with E-state index in [0.717, 1.165) is 22.2 Å². The summed E-state index contributed by atoms with van der Waals surface area (Å²) in [6.07, 6.45) is 2.71. The number of benzene rings is 1. The summed E-state index contributed by atoms with van der Waals surface area (Å²) in [5.41, 5.74) is 2.20. The van der Waals surface area contributed by atoms with Crippen molar-refractivity contribution < 1.29 is 4.74 Å². The number of rotatable bonds is 2. The second-order valence-corrected chi connectivity index (χ2v) is 6.21. The molecule has 0 radical (unpaired) electrons. The number of hydrogen-bond acceptors (Lipinski definition) is 2. The zero-order valence-electron chi connectivity index (χ0n) is 10.0. The van der Waals surface area contributed by atoms with Gasteiger partial charge in [0, 0.05) is 22.7 Å². The Bertz CT molecular complexity index is 694. The summed E-state index contributed by atoms with van der Waals surface area (Å²) in [5.74, 6) is 0.926. The van der Waals surface area contributed by atoms with E-state index >= 15 is 0 Å². The third-order valence-corrected chi connectivity index (χ3v) is 4.20. The largest absolute Gasteiger partial charge is 0.493 e. The van der Waals surface area contributed by atoms with Gasteiger partial charge in [-0.2, -0.15) is 0 Å². The maximum Gasteiger partial charge on any atom is 0.265 e. The molecule has 0 saturated carbocycles. The molecule has 0 N–H and O–H groups in total. The van der Waals surface area contributed by atoms with Gasteiger partial charge < -0.3 is 9.30 Å². The molecule has 0 aliphatic carbocycles. The predicted octanol–water partition coefficient (Wildman–Crippen LogP) is 3.36. The molecule has 5 heteroatoms. The van der Waals surface area contributed by atoms with Gasteiger partial charge in [-0.1, -0.05) is 15.9 Å². The summed E-state index contributed by atoms with van der Waals surface area (Å²) < 4.78 is 8.95. The molecular weight excluding hydrogens is 374 g/mol. The Morgan fingerprint density at radius 3 is 3.00 bits per heavy atom. The fourth-order valence-corrected chi connectivity index (χ4v) is 3.21. The second kappa shape index (κ2) is 5.13. The van der Waals surface area contributed by atoms with Crippen molar-refractivity contribution in [3.8, 4) is 5.75 Å². The van der Waals surface area contributed by atoms with Crippen molar-refractivity contribution in [1.29, 1.82) is 0 Å². The van der Waals surface area contributed by atoms with Gasteiger partial charge in [-0.15, -0.1) is 0 Å². The minimum atomic E-state index is -0.0331. The number of pyridine rings is 1. The number of fused-ring (bicyclic) bond motifs is 1. The molecule has 2 heterocycles. The fourth-order valence-electron chi connectivity index (χ4n) is 2.28. The highest BCUT2D eigenvalue weighted by atomic mass is 79.9. The van der Waals surface area contributed by atoms with E-state index in [-0.39, 0.29) is 5.56 Å². The van der Waals surface area contributed by atoms with Crippen LogP contribution in [-0.2, 0) is 13.0 Å². The number of hydrogen-bond donors (Lipinski definition) is 0. The van der Waals surface area contributed by atoms with E-state index in [2.05, 4.69) is 37.9 Å². The Hall–Kier alpha value is -1.07. The van der Waals surface area contributed by atoms with Crippen molar-refractivity contribution in [2.75, 3.05) is 6.61 Å². The van der Waals surface area contributed by atoms with Gasteiger partial charge in [0.05, 0.1) is 17.6 Å². The average Bonchev–Trinajstić information content (AvgIpc) is 2.83. The SMILES string of the molecule is O=c1c(Br)cccn1Cc1cc(Br)cc2c1OCC2. The first-order chi connectivity index (χ1) is 9.15. The third kappa shape index (κ3) is 2.49. The van der Waals surface area contributed by atoms with E-state index in [1.165, 1.54) is 5.56 Å². The van der Waals surface area contributed by atoms with Gasteiger partial charge in [-0.05, 0) is 45.8 Å². The van der Waals surface area contributed by atoms with Crippen LogP contribution in [0.5, 0.6) is 5.75 Å². The van der Waals surface area contributed by atoms with Gasteiger partial charge in [-0.3, -0.25) is 4.79 Å². The molecule has 0 fully saturated rings. The molecule has 0 spiro atoms. The van der Waals surface area contributed by atoms with Gasteiger partial charge in [0.2, 0.25) is 0 Å². The van der Waals surface area contributed by atoms with Crippen LogP contribution in [0.15, 0.2) is 44.2 Å². The summed E-state index contributed by atoms with van der Waals surface area (Å²) in [5, 5.41) is 0. The zero-order valence-corrected chi connectivity index (χ0v) is 13.2. The Labute approximate surface area is 127 Å². The summed E-state index contributed by atoms with van der Waals surface area (Å²) in [6.45, 7) is 1.23. The van der Waals surface area contributed by atoms with Crippen LogP contribution in [-0.4, -0.2) is 11.2 Å². The molecule has 3 nitrogen and oxygen atoms in total. The lowest BCUT2D eigenvalue weighted by atomic mass is 10.1. The Kier molecular flexibility index (Phi) is 3.50. The number of halogens is 2. The molecule has 3 rings (SSSR count). The Morgan fingerprint density at radius 2 is 2.16 bits per heavy atom. The molecule has 1 aliphatic rings. The lowest BCUT2D eigenvalue weighted by molar-refractivity contribution is 0.352. The lowest BCUT2D eigenvalue weighted by Gasteiger charge is -2.11. The first-order valence-electron chi connectivity index (χ1n) is 5.94. The van der Waals surface area contributed by atoms with Crippen LogP contribution in [0.4, 0.5) is 0 Å². The minimum absolute atomic E-state index is 0.0331. The molecule has 2 aromatic rings. The van der Waals surface area contributed by atoms with E-state index < -0.39 is 0 Å². The van der Waals surface area contributed by atoms with E-state index in [1.807, 2.05) is 12.1 Å². The maximum absolute atomic E-state index is 12.0. The van der Waals surface area contributed by atoms with Crippen molar-refractivity contribution in [2.24, 2.45) is 0 Å². The smallest absolute Gasteiger partial charge is 0.265 e.